The summed E-state index contributed by atoms with van der Waals surface area (Å²) in [6.45, 7) is 1.87. The number of hydrogen-bond acceptors (Lipinski definition) is 4. The number of para-hydroxylation sites is 1. The first-order chi connectivity index (χ1) is 10.6. The van der Waals surface area contributed by atoms with Gasteiger partial charge in [0.15, 0.2) is 0 Å². The highest BCUT2D eigenvalue weighted by atomic mass is 16.5. The van der Waals surface area contributed by atoms with Crippen molar-refractivity contribution in [2.45, 2.75) is 13.0 Å². The van der Waals surface area contributed by atoms with Gasteiger partial charge in [-0.05, 0) is 30.7 Å². The minimum atomic E-state index is -0.257. The Kier molecular flexibility index (Phi) is 5.01. The molecule has 0 fully saturated rings. The van der Waals surface area contributed by atoms with Crippen LogP contribution in [0, 0.1) is 0 Å². The van der Waals surface area contributed by atoms with Crippen molar-refractivity contribution in [3.8, 4) is 11.5 Å². The highest BCUT2D eigenvalue weighted by Crippen LogP contribution is 2.27. The van der Waals surface area contributed by atoms with Gasteiger partial charge in [0.1, 0.15) is 11.5 Å². The normalized spacial score (nSPS) is 11.6. The van der Waals surface area contributed by atoms with Gasteiger partial charge in [0, 0.05) is 17.8 Å². The number of rotatable bonds is 5. The van der Waals surface area contributed by atoms with Crippen LogP contribution in [0.3, 0.4) is 0 Å². The lowest BCUT2D eigenvalue weighted by atomic mass is 10.1. The van der Waals surface area contributed by atoms with Crippen LogP contribution in [0.4, 0.5) is 5.69 Å². The molecule has 0 saturated heterocycles. The van der Waals surface area contributed by atoms with Gasteiger partial charge < -0.3 is 20.5 Å². The fourth-order valence-electron chi connectivity index (χ4n) is 2.18. The highest BCUT2D eigenvalue weighted by Gasteiger charge is 2.15. The molecule has 0 aliphatic rings. The summed E-state index contributed by atoms with van der Waals surface area (Å²) in [6.07, 6.45) is 0. The molecule has 0 aliphatic heterocycles. The Morgan fingerprint density at radius 2 is 1.86 bits per heavy atom. The predicted octanol–water partition coefficient (Wildman–Crippen LogP) is 2.98. The maximum absolute atomic E-state index is 12.5. The number of carbonyl (C=O) groups is 1. The third-order valence-electron chi connectivity index (χ3n) is 3.35. The lowest BCUT2D eigenvalue weighted by Crippen LogP contribution is -2.16. The molecular weight excluding hydrogens is 280 g/mol. The highest BCUT2D eigenvalue weighted by molar-refractivity contribution is 6.06. The quantitative estimate of drug-likeness (QED) is 0.890. The predicted molar refractivity (Wildman–Crippen MR) is 86.5 cm³/mol. The van der Waals surface area contributed by atoms with Crippen molar-refractivity contribution in [2.75, 3.05) is 19.5 Å². The van der Waals surface area contributed by atoms with E-state index in [2.05, 4.69) is 5.32 Å². The van der Waals surface area contributed by atoms with E-state index in [9.17, 15) is 4.79 Å². The Morgan fingerprint density at radius 1 is 1.14 bits per heavy atom. The molecular formula is C17H20N2O3. The summed E-state index contributed by atoms with van der Waals surface area (Å²) in [4.78, 5) is 12.5. The Bertz CT molecular complexity index is 669. The van der Waals surface area contributed by atoms with Crippen molar-refractivity contribution in [3.05, 3.63) is 53.6 Å². The monoisotopic (exact) mass is 300 g/mol. The third kappa shape index (κ3) is 3.38. The molecule has 0 spiro atoms. The SMILES string of the molecule is COc1ccc(C(=O)Nc2ccccc2C(C)N)c(OC)c1. The summed E-state index contributed by atoms with van der Waals surface area (Å²) in [5.74, 6) is 0.826. The molecule has 2 aromatic rings. The summed E-state index contributed by atoms with van der Waals surface area (Å²) in [5, 5.41) is 2.88. The van der Waals surface area contributed by atoms with Crippen molar-refractivity contribution in [1.29, 1.82) is 0 Å². The minimum absolute atomic E-state index is 0.172. The number of ether oxygens (including phenoxy) is 2. The number of nitrogens with two attached hydrogens (primary N) is 1. The first-order valence-electron chi connectivity index (χ1n) is 6.94. The van der Waals surface area contributed by atoms with E-state index in [0.717, 1.165) is 5.56 Å². The largest absolute Gasteiger partial charge is 0.497 e. The summed E-state index contributed by atoms with van der Waals surface area (Å²) in [5.41, 5.74) is 7.94. The molecule has 2 aromatic carbocycles. The summed E-state index contributed by atoms with van der Waals surface area (Å²) < 4.78 is 10.4. The first-order valence-corrected chi connectivity index (χ1v) is 6.94. The van der Waals surface area contributed by atoms with Gasteiger partial charge in [0.2, 0.25) is 0 Å². The maximum Gasteiger partial charge on any atom is 0.259 e. The number of benzene rings is 2. The van der Waals surface area contributed by atoms with E-state index in [1.165, 1.54) is 7.11 Å². The van der Waals surface area contributed by atoms with Crippen LogP contribution in [0.25, 0.3) is 0 Å². The second-order valence-electron chi connectivity index (χ2n) is 4.90. The number of amides is 1. The van der Waals surface area contributed by atoms with E-state index >= 15 is 0 Å². The molecule has 22 heavy (non-hydrogen) atoms. The zero-order chi connectivity index (χ0) is 16.1. The van der Waals surface area contributed by atoms with Gasteiger partial charge in [0.05, 0.1) is 19.8 Å². The van der Waals surface area contributed by atoms with Crippen molar-refractivity contribution in [3.63, 3.8) is 0 Å². The molecule has 0 bridgehead atoms. The third-order valence-corrected chi connectivity index (χ3v) is 3.35. The second-order valence-corrected chi connectivity index (χ2v) is 4.90. The fourth-order valence-corrected chi connectivity index (χ4v) is 2.18. The van der Waals surface area contributed by atoms with Gasteiger partial charge in [-0.2, -0.15) is 0 Å². The molecule has 5 nitrogen and oxygen atoms in total. The van der Waals surface area contributed by atoms with E-state index in [1.54, 1.807) is 25.3 Å². The lowest BCUT2D eigenvalue weighted by Gasteiger charge is -2.15. The van der Waals surface area contributed by atoms with Crippen LogP contribution in [0.5, 0.6) is 11.5 Å². The van der Waals surface area contributed by atoms with Gasteiger partial charge in [-0.3, -0.25) is 4.79 Å². The van der Waals surface area contributed by atoms with Gasteiger partial charge in [-0.15, -0.1) is 0 Å². The number of carbonyl (C=O) groups excluding carboxylic acids is 1. The maximum atomic E-state index is 12.5. The molecule has 0 aliphatic carbocycles. The van der Waals surface area contributed by atoms with Crippen LogP contribution in [0.1, 0.15) is 28.9 Å². The van der Waals surface area contributed by atoms with Gasteiger partial charge in [0.25, 0.3) is 5.91 Å². The molecule has 116 valence electrons. The number of anilines is 1. The van der Waals surface area contributed by atoms with Crippen molar-refractivity contribution >= 4 is 11.6 Å². The topological polar surface area (TPSA) is 73.6 Å². The summed E-state index contributed by atoms with van der Waals surface area (Å²) >= 11 is 0. The molecule has 3 N–H and O–H groups in total. The zero-order valence-electron chi connectivity index (χ0n) is 12.9. The summed E-state index contributed by atoms with van der Waals surface area (Å²) in [7, 11) is 3.08. The number of methoxy groups -OCH3 is 2. The van der Waals surface area contributed by atoms with E-state index < -0.39 is 0 Å². The average Bonchev–Trinajstić information content (AvgIpc) is 2.54. The fraction of sp³-hybridized carbons (Fsp3) is 0.235. The Balaban J connectivity index is 2.30. The van der Waals surface area contributed by atoms with Crippen molar-refractivity contribution in [1.82, 2.24) is 0 Å². The van der Waals surface area contributed by atoms with Crippen LogP contribution < -0.4 is 20.5 Å². The standard InChI is InChI=1S/C17H20N2O3/c1-11(18)13-6-4-5-7-15(13)19-17(20)14-9-8-12(21-2)10-16(14)22-3/h4-11H,18H2,1-3H3,(H,19,20). The average molecular weight is 300 g/mol. The number of hydrogen-bond donors (Lipinski definition) is 2. The van der Waals surface area contributed by atoms with Gasteiger partial charge in [-0.1, -0.05) is 18.2 Å². The Hall–Kier alpha value is -2.53. The van der Waals surface area contributed by atoms with E-state index in [1.807, 2.05) is 31.2 Å². The van der Waals surface area contributed by atoms with Crippen LogP contribution in [-0.4, -0.2) is 20.1 Å². The molecule has 0 aromatic heterocycles. The number of nitrogens with one attached hydrogen (secondary N) is 1. The minimum Gasteiger partial charge on any atom is -0.497 e. The van der Waals surface area contributed by atoms with Gasteiger partial charge >= 0.3 is 0 Å². The molecule has 0 heterocycles. The molecule has 1 unspecified atom stereocenters. The van der Waals surface area contributed by atoms with Crippen molar-refractivity contribution < 1.29 is 14.3 Å². The van der Waals surface area contributed by atoms with E-state index in [0.29, 0.717) is 22.7 Å². The first kappa shape index (κ1) is 15.9. The smallest absolute Gasteiger partial charge is 0.259 e. The Morgan fingerprint density at radius 3 is 2.50 bits per heavy atom. The zero-order valence-corrected chi connectivity index (χ0v) is 12.9. The Labute approximate surface area is 130 Å². The molecule has 0 saturated carbocycles. The second kappa shape index (κ2) is 6.95. The molecule has 2 rings (SSSR count). The van der Waals surface area contributed by atoms with Gasteiger partial charge in [-0.25, -0.2) is 0 Å². The molecule has 1 atom stereocenters. The van der Waals surface area contributed by atoms with Crippen molar-refractivity contribution in [2.24, 2.45) is 5.73 Å². The molecule has 1 amide bonds. The molecule has 5 heteroatoms. The van der Waals surface area contributed by atoms with Crippen LogP contribution >= 0.6 is 0 Å². The lowest BCUT2D eigenvalue weighted by molar-refractivity contribution is 0.102. The summed E-state index contributed by atoms with van der Waals surface area (Å²) in [6, 6.07) is 12.4. The van der Waals surface area contributed by atoms with Crippen LogP contribution in [0.2, 0.25) is 0 Å². The molecule has 0 radical (unpaired) electrons. The van der Waals surface area contributed by atoms with E-state index in [4.69, 9.17) is 15.2 Å². The van der Waals surface area contributed by atoms with Crippen LogP contribution in [0.15, 0.2) is 42.5 Å². The van der Waals surface area contributed by atoms with E-state index in [-0.39, 0.29) is 11.9 Å². The van der Waals surface area contributed by atoms with Crippen LogP contribution in [-0.2, 0) is 0 Å².